The van der Waals surface area contributed by atoms with Gasteiger partial charge in [0.15, 0.2) is 5.78 Å². The molecule has 0 aliphatic carbocycles. The average molecular weight is 380 g/mol. The van der Waals surface area contributed by atoms with Gasteiger partial charge in [-0.1, -0.05) is 48.5 Å². The van der Waals surface area contributed by atoms with Crippen LogP contribution in [0.4, 0.5) is 5.69 Å². The molecule has 0 aliphatic heterocycles. The fraction of sp³-hybridized carbons (Fsp3) is 0.0800. The van der Waals surface area contributed by atoms with E-state index in [2.05, 4.69) is 10.3 Å². The Labute approximate surface area is 169 Å². The predicted octanol–water partition coefficient (Wildman–Crippen LogP) is 5.67. The number of nitrogens with one attached hydrogen (secondary N) is 1. The number of fused-ring (bicyclic) bond motifs is 1. The number of hydrogen-bond acceptors (Lipinski definition) is 3. The van der Waals surface area contributed by atoms with Crippen LogP contribution < -0.4 is 5.32 Å². The van der Waals surface area contributed by atoms with E-state index in [9.17, 15) is 9.59 Å². The Morgan fingerprint density at radius 2 is 1.52 bits per heavy atom. The third-order valence-electron chi connectivity index (χ3n) is 4.87. The Morgan fingerprint density at radius 3 is 2.17 bits per heavy atom. The molecular formula is C25H20N2O2. The van der Waals surface area contributed by atoms with Gasteiger partial charge in [-0.05, 0) is 49.7 Å². The molecule has 4 aromatic rings. The molecular weight excluding hydrogens is 360 g/mol. The summed E-state index contributed by atoms with van der Waals surface area (Å²) in [5.41, 5.74) is 5.12. The molecule has 4 rings (SSSR count). The minimum Gasteiger partial charge on any atom is -0.322 e. The topological polar surface area (TPSA) is 59.1 Å². The van der Waals surface area contributed by atoms with E-state index in [1.165, 1.54) is 0 Å². The van der Waals surface area contributed by atoms with Crippen LogP contribution in [0.15, 0.2) is 78.9 Å². The van der Waals surface area contributed by atoms with E-state index in [1.54, 1.807) is 19.1 Å². The minimum absolute atomic E-state index is 0.0329. The standard InChI is InChI=1S/C25H20N2O2/c1-16-23(17(2)28)24(18-9-5-3-6-10-18)21-15-20(13-14-22(21)26-16)27-25(29)19-11-7-4-8-12-19/h3-15H,1-2H3,(H,27,29). The van der Waals surface area contributed by atoms with Crippen molar-refractivity contribution in [1.82, 2.24) is 4.98 Å². The van der Waals surface area contributed by atoms with Crippen molar-refractivity contribution >= 4 is 28.3 Å². The molecule has 1 aromatic heterocycles. The molecule has 0 bridgehead atoms. The number of benzene rings is 3. The number of amides is 1. The second-order valence-corrected chi connectivity index (χ2v) is 6.92. The van der Waals surface area contributed by atoms with Crippen LogP contribution in [0.5, 0.6) is 0 Å². The van der Waals surface area contributed by atoms with Gasteiger partial charge < -0.3 is 5.32 Å². The van der Waals surface area contributed by atoms with Gasteiger partial charge >= 0.3 is 0 Å². The molecule has 4 heteroatoms. The molecule has 0 spiro atoms. The van der Waals surface area contributed by atoms with Crippen molar-refractivity contribution in [3.05, 3.63) is 95.7 Å². The van der Waals surface area contributed by atoms with Gasteiger partial charge in [0, 0.05) is 33.5 Å². The number of pyridine rings is 1. The van der Waals surface area contributed by atoms with Crippen LogP contribution in [0, 0.1) is 6.92 Å². The summed E-state index contributed by atoms with van der Waals surface area (Å²) in [4.78, 5) is 29.6. The third kappa shape index (κ3) is 3.65. The average Bonchev–Trinajstić information content (AvgIpc) is 2.74. The summed E-state index contributed by atoms with van der Waals surface area (Å²) in [5, 5.41) is 3.77. The van der Waals surface area contributed by atoms with Crippen molar-refractivity contribution in [2.75, 3.05) is 5.32 Å². The first-order valence-corrected chi connectivity index (χ1v) is 9.41. The lowest BCUT2D eigenvalue weighted by molar-refractivity contribution is 0.101. The van der Waals surface area contributed by atoms with Crippen LogP contribution in [0.1, 0.15) is 33.3 Å². The van der Waals surface area contributed by atoms with Gasteiger partial charge in [0.2, 0.25) is 0 Å². The molecule has 29 heavy (non-hydrogen) atoms. The zero-order valence-electron chi connectivity index (χ0n) is 16.3. The van der Waals surface area contributed by atoms with Crippen LogP contribution in [0.3, 0.4) is 0 Å². The van der Waals surface area contributed by atoms with Crippen molar-refractivity contribution in [2.45, 2.75) is 13.8 Å². The van der Waals surface area contributed by atoms with E-state index >= 15 is 0 Å². The summed E-state index contributed by atoms with van der Waals surface area (Å²) in [6.45, 7) is 3.41. The highest BCUT2D eigenvalue weighted by atomic mass is 16.1. The fourth-order valence-electron chi connectivity index (χ4n) is 3.59. The summed E-state index contributed by atoms with van der Waals surface area (Å²) >= 11 is 0. The first-order valence-electron chi connectivity index (χ1n) is 9.41. The van der Waals surface area contributed by atoms with Crippen LogP contribution in [0.25, 0.3) is 22.0 Å². The smallest absolute Gasteiger partial charge is 0.255 e. The highest BCUT2D eigenvalue weighted by Gasteiger charge is 2.18. The van der Waals surface area contributed by atoms with Gasteiger partial charge in [0.1, 0.15) is 0 Å². The number of carbonyl (C=O) groups excluding carboxylic acids is 2. The Hall–Kier alpha value is -3.79. The Kier molecular flexibility index (Phi) is 4.92. The second-order valence-electron chi connectivity index (χ2n) is 6.92. The van der Waals surface area contributed by atoms with Crippen molar-refractivity contribution in [3.8, 4) is 11.1 Å². The molecule has 1 N–H and O–H groups in total. The SMILES string of the molecule is CC(=O)c1c(C)nc2ccc(NC(=O)c3ccccc3)cc2c1-c1ccccc1. The summed E-state index contributed by atoms with van der Waals surface area (Å²) < 4.78 is 0. The van der Waals surface area contributed by atoms with E-state index in [0.29, 0.717) is 22.5 Å². The van der Waals surface area contributed by atoms with E-state index in [1.807, 2.05) is 73.7 Å². The number of aryl methyl sites for hydroxylation is 1. The van der Waals surface area contributed by atoms with Crippen molar-refractivity contribution in [2.24, 2.45) is 0 Å². The van der Waals surface area contributed by atoms with Gasteiger partial charge in [0.05, 0.1) is 5.52 Å². The normalized spacial score (nSPS) is 10.7. The lowest BCUT2D eigenvalue weighted by Crippen LogP contribution is -2.11. The molecule has 142 valence electrons. The number of carbonyl (C=O) groups is 2. The predicted molar refractivity (Wildman–Crippen MR) is 116 cm³/mol. The zero-order chi connectivity index (χ0) is 20.4. The summed E-state index contributed by atoms with van der Waals surface area (Å²) in [7, 11) is 0. The quantitative estimate of drug-likeness (QED) is 0.464. The van der Waals surface area contributed by atoms with Gasteiger partial charge in [-0.15, -0.1) is 0 Å². The molecule has 0 radical (unpaired) electrons. The van der Waals surface area contributed by atoms with Crippen LogP contribution >= 0.6 is 0 Å². The number of ketones is 1. The highest BCUT2D eigenvalue weighted by Crippen LogP contribution is 2.34. The summed E-state index contributed by atoms with van der Waals surface area (Å²) in [6.07, 6.45) is 0. The van der Waals surface area contributed by atoms with Gasteiger partial charge in [0.25, 0.3) is 5.91 Å². The lowest BCUT2D eigenvalue weighted by atomic mass is 9.92. The van der Waals surface area contributed by atoms with E-state index in [0.717, 1.165) is 22.0 Å². The number of rotatable bonds is 4. The summed E-state index contributed by atoms with van der Waals surface area (Å²) in [5.74, 6) is -0.215. The van der Waals surface area contributed by atoms with Crippen LogP contribution in [-0.4, -0.2) is 16.7 Å². The summed E-state index contributed by atoms with van der Waals surface area (Å²) in [6, 6.07) is 24.5. The van der Waals surface area contributed by atoms with Crippen LogP contribution in [0.2, 0.25) is 0 Å². The van der Waals surface area contributed by atoms with Crippen LogP contribution in [-0.2, 0) is 0 Å². The van der Waals surface area contributed by atoms with E-state index in [-0.39, 0.29) is 11.7 Å². The van der Waals surface area contributed by atoms with Crippen molar-refractivity contribution < 1.29 is 9.59 Å². The largest absolute Gasteiger partial charge is 0.322 e. The molecule has 0 aliphatic rings. The first-order chi connectivity index (χ1) is 14.0. The number of nitrogens with zero attached hydrogens (tertiary/aromatic N) is 1. The molecule has 1 amide bonds. The molecule has 3 aromatic carbocycles. The highest BCUT2D eigenvalue weighted by molar-refractivity contribution is 6.11. The molecule has 1 heterocycles. The third-order valence-corrected chi connectivity index (χ3v) is 4.87. The van der Waals surface area contributed by atoms with Crippen molar-refractivity contribution in [1.29, 1.82) is 0 Å². The first kappa shape index (κ1) is 18.6. The maximum absolute atomic E-state index is 12.6. The molecule has 0 atom stereocenters. The molecule has 4 nitrogen and oxygen atoms in total. The minimum atomic E-state index is -0.182. The number of anilines is 1. The number of Topliss-reactive ketones (excluding diaryl/α,β-unsaturated/α-hetero) is 1. The molecule has 0 fully saturated rings. The number of hydrogen-bond donors (Lipinski definition) is 1. The van der Waals surface area contributed by atoms with Gasteiger partial charge in [-0.25, -0.2) is 0 Å². The Balaban J connectivity index is 1.88. The van der Waals surface area contributed by atoms with Crippen molar-refractivity contribution in [3.63, 3.8) is 0 Å². The molecule has 0 saturated carbocycles. The molecule has 0 saturated heterocycles. The van der Waals surface area contributed by atoms with E-state index in [4.69, 9.17) is 0 Å². The lowest BCUT2D eigenvalue weighted by Gasteiger charge is -2.15. The Bertz CT molecular complexity index is 1220. The fourth-order valence-corrected chi connectivity index (χ4v) is 3.59. The zero-order valence-corrected chi connectivity index (χ0v) is 16.3. The Morgan fingerprint density at radius 1 is 0.862 bits per heavy atom. The monoisotopic (exact) mass is 380 g/mol. The van der Waals surface area contributed by atoms with Gasteiger partial charge in [-0.3, -0.25) is 14.6 Å². The van der Waals surface area contributed by atoms with E-state index < -0.39 is 0 Å². The maximum atomic E-state index is 12.6. The van der Waals surface area contributed by atoms with Gasteiger partial charge in [-0.2, -0.15) is 0 Å². The second kappa shape index (κ2) is 7.68. The number of aromatic nitrogens is 1. The maximum Gasteiger partial charge on any atom is 0.255 e. The molecule has 0 unspecified atom stereocenters.